The van der Waals surface area contributed by atoms with E-state index in [4.69, 9.17) is 9.26 Å². The molecular weight excluding hydrogens is 378 g/mol. The quantitative estimate of drug-likeness (QED) is 0.383. The topological polar surface area (TPSA) is 125 Å². The van der Waals surface area contributed by atoms with Gasteiger partial charge in [0, 0.05) is 22.9 Å². The lowest BCUT2D eigenvalue weighted by Gasteiger charge is -2.07. The number of ether oxygens (including phenoxy) is 1. The summed E-state index contributed by atoms with van der Waals surface area (Å²) in [6.45, 7) is 2.60. The van der Waals surface area contributed by atoms with Crippen LogP contribution in [0.25, 0.3) is 11.3 Å². The predicted molar refractivity (Wildman–Crippen MR) is 103 cm³/mol. The molecule has 3 rings (SSSR count). The van der Waals surface area contributed by atoms with Crippen LogP contribution in [0.5, 0.6) is 0 Å². The van der Waals surface area contributed by atoms with E-state index in [-0.39, 0.29) is 22.7 Å². The van der Waals surface area contributed by atoms with Gasteiger partial charge in [0.1, 0.15) is 17.0 Å². The van der Waals surface area contributed by atoms with Gasteiger partial charge in [-0.2, -0.15) is 0 Å². The maximum atomic E-state index is 12.5. The fourth-order valence-corrected chi connectivity index (χ4v) is 2.69. The number of carbonyl (C=O) groups is 2. The molecule has 3 aromatic rings. The minimum absolute atomic E-state index is 0.118. The molecule has 0 saturated heterocycles. The van der Waals surface area contributed by atoms with E-state index in [0.29, 0.717) is 16.8 Å². The predicted octanol–water partition coefficient (Wildman–Crippen LogP) is 3.66. The maximum Gasteiger partial charge on any atom is 0.344 e. The number of rotatable bonds is 6. The Bertz CT molecular complexity index is 1080. The van der Waals surface area contributed by atoms with Crippen molar-refractivity contribution in [3.63, 3.8) is 0 Å². The van der Waals surface area contributed by atoms with Crippen molar-refractivity contribution < 1.29 is 23.8 Å². The van der Waals surface area contributed by atoms with Crippen molar-refractivity contribution in [3.05, 3.63) is 75.5 Å². The number of nitrogens with zero attached hydrogens (tertiary/aromatic N) is 2. The number of esters is 1. The van der Waals surface area contributed by atoms with E-state index < -0.39 is 23.4 Å². The number of carbonyl (C=O) groups excluding carboxylic acids is 2. The zero-order valence-corrected chi connectivity index (χ0v) is 15.7. The summed E-state index contributed by atoms with van der Waals surface area (Å²) in [6, 6.07) is 13.2. The van der Waals surface area contributed by atoms with Crippen molar-refractivity contribution in [2.75, 3.05) is 11.9 Å². The molecule has 0 bridgehead atoms. The number of nitro benzene ring substituents is 1. The smallest absolute Gasteiger partial charge is 0.344 e. The van der Waals surface area contributed by atoms with Crippen LogP contribution < -0.4 is 5.32 Å². The Morgan fingerprint density at radius 2 is 1.90 bits per heavy atom. The summed E-state index contributed by atoms with van der Waals surface area (Å²) in [5.41, 5.74) is 1.71. The SMILES string of the molecule is Cc1ccc(NC(=O)COC(=O)c2c(-c3ccccc3)noc2C)cc1[N+](=O)[O-]. The van der Waals surface area contributed by atoms with Gasteiger partial charge in [-0.15, -0.1) is 0 Å². The zero-order chi connectivity index (χ0) is 21.0. The molecule has 0 radical (unpaired) electrons. The lowest BCUT2D eigenvalue weighted by molar-refractivity contribution is -0.385. The molecule has 29 heavy (non-hydrogen) atoms. The largest absolute Gasteiger partial charge is 0.452 e. The molecule has 0 aliphatic heterocycles. The van der Waals surface area contributed by atoms with Crippen molar-refractivity contribution in [2.45, 2.75) is 13.8 Å². The van der Waals surface area contributed by atoms with Crippen molar-refractivity contribution in [3.8, 4) is 11.3 Å². The average Bonchev–Trinajstić information content (AvgIpc) is 3.09. The van der Waals surface area contributed by atoms with E-state index in [0.717, 1.165) is 0 Å². The van der Waals surface area contributed by atoms with Gasteiger partial charge in [-0.1, -0.05) is 41.6 Å². The third-order valence-corrected chi connectivity index (χ3v) is 4.14. The molecule has 1 heterocycles. The van der Waals surface area contributed by atoms with Gasteiger partial charge in [0.15, 0.2) is 6.61 Å². The van der Waals surface area contributed by atoms with Gasteiger partial charge in [0.2, 0.25) is 0 Å². The number of nitro groups is 1. The van der Waals surface area contributed by atoms with Gasteiger partial charge < -0.3 is 14.6 Å². The number of benzene rings is 2. The highest BCUT2D eigenvalue weighted by Gasteiger charge is 2.23. The molecule has 1 amide bonds. The molecule has 0 saturated carbocycles. The summed E-state index contributed by atoms with van der Waals surface area (Å²) in [5.74, 6) is -1.12. The third-order valence-electron chi connectivity index (χ3n) is 4.14. The molecular formula is C20H17N3O6. The van der Waals surface area contributed by atoms with E-state index in [9.17, 15) is 19.7 Å². The molecule has 0 atom stereocenters. The van der Waals surface area contributed by atoms with Crippen molar-refractivity contribution in [1.29, 1.82) is 0 Å². The summed E-state index contributed by atoms with van der Waals surface area (Å²) in [4.78, 5) is 35.0. The first-order chi connectivity index (χ1) is 13.9. The van der Waals surface area contributed by atoms with Crippen LogP contribution in [-0.2, 0) is 9.53 Å². The van der Waals surface area contributed by atoms with E-state index in [1.165, 1.54) is 18.2 Å². The lowest BCUT2D eigenvalue weighted by atomic mass is 10.1. The molecule has 0 aliphatic rings. The second-order valence-corrected chi connectivity index (χ2v) is 6.21. The molecule has 9 heteroatoms. The first kappa shape index (κ1) is 19.7. The summed E-state index contributed by atoms with van der Waals surface area (Å²) < 4.78 is 10.2. The molecule has 0 fully saturated rings. The molecule has 9 nitrogen and oxygen atoms in total. The highest BCUT2D eigenvalue weighted by molar-refractivity contribution is 5.99. The first-order valence-electron chi connectivity index (χ1n) is 8.60. The van der Waals surface area contributed by atoms with Crippen LogP contribution in [-0.4, -0.2) is 28.6 Å². The Morgan fingerprint density at radius 1 is 1.17 bits per heavy atom. The molecule has 2 aromatic carbocycles. The molecule has 148 valence electrons. The van der Waals surface area contributed by atoms with Gasteiger partial charge in [-0.3, -0.25) is 14.9 Å². The summed E-state index contributed by atoms with van der Waals surface area (Å²) in [7, 11) is 0. The maximum absolute atomic E-state index is 12.5. The average molecular weight is 395 g/mol. The van der Waals surface area contributed by atoms with Crippen molar-refractivity contribution in [2.24, 2.45) is 0 Å². The second-order valence-electron chi connectivity index (χ2n) is 6.21. The zero-order valence-electron chi connectivity index (χ0n) is 15.7. The summed E-state index contributed by atoms with van der Waals surface area (Å²) in [6.07, 6.45) is 0. The molecule has 0 aliphatic carbocycles. The van der Waals surface area contributed by atoms with Crippen LogP contribution in [0.3, 0.4) is 0 Å². The van der Waals surface area contributed by atoms with E-state index in [1.54, 1.807) is 38.1 Å². The number of anilines is 1. The van der Waals surface area contributed by atoms with Crippen LogP contribution in [0.4, 0.5) is 11.4 Å². The fraction of sp³-hybridized carbons (Fsp3) is 0.150. The summed E-state index contributed by atoms with van der Waals surface area (Å²) >= 11 is 0. The summed E-state index contributed by atoms with van der Waals surface area (Å²) in [5, 5.41) is 17.4. The lowest BCUT2D eigenvalue weighted by Crippen LogP contribution is -2.21. The normalized spacial score (nSPS) is 10.4. The van der Waals surface area contributed by atoms with Gasteiger partial charge >= 0.3 is 5.97 Å². The second kappa shape index (κ2) is 8.34. The Morgan fingerprint density at radius 3 is 2.59 bits per heavy atom. The molecule has 0 spiro atoms. The number of amides is 1. The van der Waals surface area contributed by atoms with Crippen molar-refractivity contribution >= 4 is 23.3 Å². The van der Waals surface area contributed by atoms with Gasteiger partial charge in [-0.25, -0.2) is 4.79 Å². The Balaban J connectivity index is 1.67. The van der Waals surface area contributed by atoms with Crippen LogP contribution in [0.2, 0.25) is 0 Å². The standard InChI is InChI=1S/C20H17N3O6/c1-12-8-9-15(10-16(12)23(26)27)21-17(24)11-28-20(25)18-13(2)29-22-19(18)14-6-4-3-5-7-14/h3-10H,11H2,1-2H3,(H,21,24). The van der Waals surface area contributed by atoms with E-state index in [2.05, 4.69) is 10.5 Å². The molecule has 1 aromatic heterocycles. The Kier molecular flexibility index (Phi) is 5.68. The highest BCUT2D eigenvalue weighted by atomic mass is 16.6. The van der Waals surface area contributed by atoms with Gasteiger partial charge in [-0.05, 0) is 19.9 Å². The highest BCUT2D eigenvalue weighted by Crippen LogP contribution is 2.26. The van der Waals surface area contributed by atoms with Gasteiger partial charge in [0.05, 0.1) is 4.92 Å². The van der Waals surface area contributed by atoms with E-state index in [1.807, 2.05) is 6.07 Å². The minimum atomic E-state index is -0.757. The van der Waals surface area contributed by atoms with Gasteiger partial charge in [0.25, 0.3) is 11.6 Å². The minimum Gasteiger partial charge on any atom is -0.452 e. The Labute approximate surface area is 165 Å². The molecule has 1 N–H and O–H groups in total. The number of nitrogens with one attached hydrogen (secondary N) is 1. The Hall–Kier alpha value is -4.01. The number of hydrogen-bond acceptors (Lipinski definition) is 7. The fourth-order valence-electron chi connectivity index (χ4n) is 2.69. The van der Waals surface area contributed by atoms with E-state index >= 15 is 0 Å². The van der Waals surface area contributed by atoms with Crippen molar-refractivity contribution in [1.82, 2.24) is 5.16 Å². The monoisotopic (exact) mass is 395 g/mol. The van der Waals surface area contributed by atoms with Crippen LogP contribution in [0.1, 0.15) is 21.7 Å². The molecule has 0 unspecified atom stereocenters. The number of hydrogen-bond donors (Lipinski definition) is 1. The number of aromatic nitrogens is 1. The number of aryl methyl sites for hydroxylation is 2. The third kappa shape index (κ3) is 4.46. The van der Waals surface area contributed by atoms with Crippen LogP contribution in [0.15, 0.2) is 53.1 Å². The van der Waals surface area contributed by atoms with Crippen LogP contribution >= 0.6 is 0 Å². The first-order valence-corrected chi connectivity index (χ1v) is 8.60. The van der Waals surface area contributed by atoms with Crippen LogP contribution in [0, 0.1) is 24.0 Å².